The summed E-state index contributed by atoms with van der Waals surface area (Å²) in [7, 11) is 0. The number of nitrogens with zero attached hydrogens (tertiary/aromatic N) is 1. The first-order chi connectivity index (χ1) is 8.52. The first-order valence-electron chi connectivity index (χ1n) is 5.98. The van der Waals surface area contributed by atoms with Gasteiger partial charge in [-0.1, -0.05) is 12.1 Å². The van der Waals surface area contributed by atoms with Crippen LogP contribution in [-0.2, 0) is 6.54 Å². The van der Waals surface area contributed by atoms with E-state index >= 15 is 0 Å². The lowest BCUT2D eigenvalue weighted by molar-refractivity contribution is -0.0560. The van der Waals surface area contributed by atoms with Crippen LogP contribution in [0.1, 0.15) is 28.8 Å². The summed E-state index contributed by atoms with van der Waals surface area (Å²) >= 11 is 0. The molecule has 2 rings (SSSR count). The number of amides is 1. The van der Waals surface area contributed by atoms with Crippen molar-refractivity contribution in [2.45, 2.75) is 25.3 Å². The molecule has 1 aliphatic rings. The predicted molar refractivity (Wildman–Crippen MR) is 64.4 cm³/mol. The molecule has 18 heavy (non-hydrogen) atoms. The molecular formula is C13H16F2N2O. The number of piperidine rings is 1. The lowest BCUT2D eigenvalue weighted by Gasteiger charge is -2.32. The highest BCUT2D eigenvalue weighted by Crippen LogP contribution is 2.27. The quantitative estimate of drug-likeness (QED) is 0.877. The van der Waals surface area contributed by atoms with E-state index in [2.05, 4.69) is 0 Å². The monoisotopic (exact) mass is 254 g/mol. The maximum atomic E-state index is 13.2. The van der Waals surface area contributed by atoms with Gasteiger partial charge < -0.3 is 10.6 Å². The van der Waals surface area contributed by atoms with Gasteiger partial charge in [0.2, 0.25) is 0 Å². The molecule has 0 atom stereocenters. The van der Waals surface area contributed by atoms with Crippen molar-refractivity contribution in [1.29, 1.82) is 0 Å². The number of halogens is 2. The summed E-state index contributed by atoms with van der Waals surface area (Å²) in [6, 6.07) is 6.76. The Labute approximate surface area is 105 Å². The normalized spacial score (nSPS) is 18.7. The Balaban J connectivity index is 2.10. The molecule has 0 aromatic heterocycles. The molecule has 0 saturated carbocycles. The predicted octanol–water partition coefficient (Wildman–Crippen LogP) is 2.02. The van der Waals surface area contributed by atoms with Crippen molar-refractivity contribution in [3.8, 4) is 0 Å². The summed E-state index contributed by atoms with van der Waals surface area (Å²) < 4.78 is 26.5. The molecule has 0 bridgehead atoms. The number of hydrogen-bond acceptors (Lipinski definition) is 2. The van der Waals surface area contributed by atoms with E-state index in [9.17, 15) is 13.6 Å². The molecule has 0 radical (unpaired) electrons. The molecule has 0 spiro atoms. The largest absolute Gasteiger partial charge is 0.333 e. The third-order valence-corrected chi connectivity index (χ3v) is 3.12. The molecule has 0 unspecified atom stereocenters. The van der Waals surface area contributed by atoms with Gasteiger partial charge in [0.05, 0.1) is 6.54 Å². The summed E-state index contributed by atoms with van der Waals surface area (Å²) in [6.45, 7) is 0.313. The Morgan fingerprint density at radius 1 is 1.33 bits per heavy atom. The van der Waals surface area contributed by atoms with Crippen molar-refractivity contribution < 1.29 is 13.6 Å². The summed E-state index contributed by atoms with van der Waals surface area (Å²) in [5, 5.41) is 0. The first kappa shape index (κ1) is 13.0. The van der Waals surface area contributed by atoms with Crippen LogP contribution in [0.4, 0.5) is 8.78 Å². The number of benzene rings is 1. The van der Waals surface area contributed by atoms with Gasteiger partial charge in [-0.05, 0) is 24.1 Å². The standard InChI is InChI=1S/C13H16F2N2O/c14-13(15)6-1-7-17(9-13)12(18)11-4-2-10(8-16)3-5-11/h2-5H,1,6-9,16H2. The minimum atomic E-state index is -2.76. The van der Waals surface area contributed by atoms with Crippen LogP contribution in [0.25, 0.3) is 0 Å². The van der Waals surface area contributed by atoms with E-state index in [1.165, 1.54) is 4.90 Å². The second-order valence-electron chi connectivity index (χ2n) is 4.59. The van der Waals surface area contributed by atoms with Gasteiger partial charge in [0.1, 0.15) is 0 Å². The number of nitrogens with two attached hydrogens (primary N) is 1. The fourth-order valence-corrected chi connectivity index (χ4v) is 2.11. The second-order valence-corrected chi connectivity index (χ2v) is 4.59. The number of carbonyl (C=O) groups excluding carboxylic acids is 1. The highest BCUT2D eigenvalue weighted by Gasteiger charge is 2.37. The smallest absolute Gasteiger partial charge is 0.265 e. The van der Waals surface area contributed by atoms with E-state index < -0.39 is 12.5 Å². The van der Waals surface area contributed by atoms with Crippen LogP contribution in [0, 0.1) is 0 Å². The number of alkyl halides is 2. The topological polar surface area (TPSA) is 46.3 Å². The van der Waals surface area contributed by atoms with Gasteiger partial charge in [-0.25, -0.2) is 8.78 Å². The summed E-state index contributed by atoms with van der Waals surface area (Å²) in [6.07, 6.45) is 0.211. The third-order valence-electron chi connectivity index (χ3n) is 3.12. The van der Waals surface area contributed by atoms with Crippen molar-refractivity contribution in [3.63, 3.8) is 0 Å². The summed E-state index contributed by atoms with van der Waals surface area (Å²) in [5.41, 5.74) is 6.81. The zero-order valence-corrected chi connectivity index (χ0v) is 10.0. The number of carbonyl (C=O) groups is 1. The molecule has 1 aliphatic heterocycles. The number of likely N-dealkylation sites (tertiary alicyclic amines) is 1. The van der Waals surface area contributed by atoms with E-state index in [0.717, 1.165) is 5.56 Å². The SMILES string of the molecule is NCc1ccc(C(=O)N2CCCC(F)(F)C2)cc1. The maximum Gasteiger partial charge on any atom is 0.265 e. The van der Waals surface area contributed by atoms with Gasteiger partial charge in [0.25, 0.3) is 11.8 Å². The highest BCUT2D eigenvalue weighted by atomic mass is 19.3. The van der Waals surface area contributed by atoms with E-state index in [-0.39, 0.29) is 12.3 Å². The Morgan fingerprint density at radius 3 is 2.56 bits per heavy atom. The minimum absolute atomic E-state index is 0.136. The van der Waals surface area contributed by atoms with Crippen molar-refractivity contribution in [2.24, 2.45) is 5.73 Å². The molecule has 1 heterocycles. The summed E-state index contributed by atoms with van der Waals surface area (Å²) in [5.74, 6) is -3.09. The zero-order chi connectivity index (χ0) is 13.2. The average molecular weight is 254 g/mol. The Kier molecular flexibility index (Phi) is 3.61. The van der Waals surface area contributed by atoms with E-state index in [4.69, 9.17) is 5.73 Å². The Hall–Kier alpha value is -1.49. The van der Waals surface area contributed by atoms with Crippen molar-refractivity contribution >= 4 is 5.91 Å². The molecule has 3 nitrogen and oxygen atoms in total. The van der Waals surface area contributed by atoms with Crippen LogP contribution in [0.3, 0.4) is 0 Å². The molecule has 0 aliphatic carbocycles. The van der Waals surface area contributed by atoms with Crippen LogP contribution in [0.15, 0.2) is 24.3 Å². The fraction of sp³-hybridized carbons (Fsp3) is 0.462. The van der Waals surface area contributed by atoms with Gasteiger partial charge in [0, 0.05) is 25.1 Å². The lowest BCUT2D eigenvalue weighted by Crippen LogP contribution is -2.45. The molecule has 1 aromatic carbocycles. The summed E-state index contributed by atoms with van der Waals surface area (Å²) in [4.78, 5) is 13.3. The zero-order valence-electron chi connectivity index (χ0n) is 10.0. The van der Waals surface area contributed by atoms with Crippen LogP contribution in [-0.4, -0.2) is 29.8 Å². The third kappa shape index (κ3) is 2.85. The number of rotatable bonds is 2. The van der Waals surface area contributed by atoms with Gasteiger partial charge >= 0.3 is 0 Å². The van der Waals surface area contributed by atoms with Crippen molar-refractivity contribution in [2.75, 3.05) is 13.1 Å². The molecule has 98 valence electrons. The Bertz CT molecular complexity index is 431. The highest BCUT2D eigenvalue weighted by molar-refractivity contribution is 5.94. The van der Waals surface area contributed by atoms with Crippen molar-refractivity contribution in [1.82, 2.24) is 4.90 Å². The molecule has 1 aromatic rings. The minimum Gasteiger partial charge on any atom is -0.333 e. The van der Waals surface area contributed by atoms with Crippen molar-refractivity contribution in [3.05, 3.63) is 35.4 Å². The fourth-order valence-electron chi connectivity index (χ4n) is 2.11. The molecule has 1 amide bonds. The molecular weight excluding hydrogens is 238 g/mol. The average Bonchev–Trinajstić information content (AvgIpc) is 2.37. The van der Waals surface area contributed by atoms with E-state index in [1.807, 2.05) is 0 Å². The van der Waals surface area contributed by atoms with Gasteiger partial charge in [-0.2, -0.15) is 0 Å². The lowest BCUT2D eigenvalue weighted by atomic mass is 10.1. The first-order valence-corrected chi connectivity index (χ1v) is 5.98. The van der Waals surface area contributed by atoms with Crippen LogP contribution < -0.4 is 5.73 Å². The molecule has 1 saturated heterocycles. The molecule has 2 N–H and O–H groups in total. The van der Waals surface area contributed by atoms with Gasteiger partial charge in [0.15, 0.2) is 0 Å². The Morgan fingerprint density at radius 2 is 2.00 bits per heavy atom. The molecule has 5 heteroatoms. The van der Waals surface area contributed by atoms with Crippen LogP contribution in [0.2, 0.25) is 0 Å². The van der Waals surface area contributed by atoms with Gasteiger partial charge in [-0.15, -0.1) is 0 Å². The second kappa shape index (κ2) is 5.02. The van der Waals surface area contributed by atoms with Crippen LogP contribution >= 0.6 is 0 Å². The number of hydrogen-bond donors (Lipinski definition) is 1. The van der Waals surface area contributed by atoms with Gasteiger partial charge in [-0.3, -0.25) is 4.79 Å². The molecule has 1 fully saturated rings. The van der Waals surface area contributed by atoms with E-state index in [0.29, 0.717) is 25.1 Å². The van der Waals surface area contributed by atoms with E-state index in [1.54, 1.807) is 24.3 Å². The van der Waals surface area contributed by atoms with Crippen LogP contribution in [0.5, 0.6) is 0 Å². The maximum absolute atomic E-state index is 13.2.